The Labute approximate surface area is 197 Å². The molecule has 2 aromatic carbocycles. The summed E-state index contributed by atoms with van der Waals surface area (Å²) < 4.78 is 5.59. The summed E-state index contributed by atoms with van der Waals surface area (Å²) in [5.41, 5.74) is 1.22. The number of hydrogen-bond acceptors (Lipinski definition) is 8. The van der Waals surface area contributed by atoms with Crippen molar-refractivity contribution < 1.29 is 19.4 Å². The molecule has 0 fully saturated rings. The molecule has 10 nitrogen and oxygen atoms in total. The zero-order valence-corrected chi connectivity index (χ0v) is 18.3. The van der Waals surface area contributed by atoms with Crippen molar-refractivity contribution >= 4 is 39.7 Å². The van der Waals surface area contributed by atoms with Crippen LogP contribution in [0.25, 0.3) is 6.08 Å². The Morgan fingerprint density at radius 2 is 1.82 bits per heavy atom. The van der Waals surface area contributed by atoms with Crippen molar-refractivity contribution in [2.24, 2.45) is 0 Å². The number of benzene rings is 2. The number of hydrogen-bond donors (Lipinski definition) is 1. The number of nitrogens with one attached hydrogen (secondary N) is 1. The fourth-order valence-electron chi connectivity index (χ4n) is 3.59. The van der Waals surface area contributed by atoms with Crippen LogP contribution in [0.15, 0.2) is 48.5 Å². The number of aryl methyl sites for hydroxylation is 1. The Hall–Kier alpha value is -4.56. The summed E-state index contributed by atoms with van der Waals surface area (Å²) in [5.74, 6) is -0.176. The average molecular weight is 476 g/mol. The summed E-state index contributed by atoms with van der Waals surface area (Å²) in [7, 11) is 0. The zero-order valence-electron chi connectivity index (χ0n) is 17.5. The molecular weight excluding hydrogens is 460 g/mol. The second kappa shape index (κ2) is 9.51. The molecule has 0 radical (unpaired) electrons. The molecule has 0 unspecified atom stereocenters. The van der Waals surface area contributed by atoms with Crippen molar-refractivity contribution in [3.8, 4) is 17.6 Å². The summed E-state index contributed by atoms with van der Waals surface area (Å²) in [6.45, 7) is 0. The molecule has 1 aliphatic rings. The predicted molar refractivity (Wildman–Crippen MR) is 125 cm³/mol. The third-order valence-electron chi connectivity index (χ3n) is 5.09. The van der Waals surface area contributed by atoms with Gasteiger partial charge in [-0.2, -0.15) is 5.26 Å². The van der Waals surface area contributed by atoms with E-state index < -0.39 is 27.1 Å². The summed E-state index contributed by atoms with van der Waals surface area (Å²) in [6, 6.07) is 11.7. The summed E-state index contributed by atoms with van der Waals surface area (Å²) in [4.78, 5) is 34.2. The number of nitro groups is 2. The van der Waals surface area contributed by atoms with E-state index in [4.69, 9.17) is 4.74 Å². The van der Waals surface area contributed by atoms with E-state index in [1.165, 1.54) is 17.4 Å². The van der Waals surface area contributed by atoms with Crippen LogP contribution in [0.4, 0.5) is 16.4 Å². The number of thiophene rings is 1. The van der Waals surface area contributed by atoms with Crippen molar-refractivity contribution in [1.82, 2.24) is 0 Å². The van der Waals surface area contributed by atoms with Crippen LogP contribution in [0, 0.1) is 31.6 Å². The van der Waals surface area contributed by atoms with Crippen molar-refractivity contribution in [3.05, 3.63) is 90.3 Å². The second-order valence-electron chi connectivity index (χ2n) is 7.37. The van der Waals surface area contributed by atoms with E-state index in [1.54, 1.807) is 30.3 Å². The van der Waals surface area contributed by atoms with Crippen molar-refractivity contribution in [1.29, 1.82) is 5.26 Å². The van der Waals surface area contributed by atoms with E-state index >= 15 is 0 Å². The maximum absolute atomic E-state index is 12.4. The minimum atomic E-state index is -0.738. The molecule has 170 valence electrons. The summed E-state index contributed by atoms with van der Waals surface area (Å²) in [5, 5.41) is 34.9. The maximum Gasteiger partial charge on any atom is 0.280 e. The quantitative estimate of drug-likeness (QED) is 0.274. The highest BCUT2D eigenvalue weighted by Gasteiger charge is 2.22. The number of nitrogens with zero attached hydrogens (tertiary/aromatic N) is 3. The van der Waals surface area contributed by atoms with E-state index in [9.17, 15) is 30.3 Å². The number of fused-ring (bicyclic) bond motifs is 1. The van der Waals surface area contributed by atoms with Gasteiger partial charge in [0.15, 0.2) is 0 Å². The van der Waals surface area contributed by atoms with E-state index in [-0.39, 0.29) is 11.5 Å². The molecular formula is C23H16N4O6S. The second-order valence-corrected chi connectivity index (χ2v) is 8.47. The molecule has 1 aromatic heterocycles. The van der Waals surface area contributed by atoms with Crippen LogP contribution in [0.3, 0.4) is 0 Å². The fraction of sp³-hybridized carbons (Fsp3) is 0.130. The Bertz CT molecular complexity index is 1360. The van der Waals surface area contributed by atoms with Gasteiger partial charge in [-0.25, -0.2) is 0 Å². The standard InChI is InChI=1S/C23H16N4O6S/c24-13-20-19-5-2-6-21(19)34-23(20)25-22(28)8-7-14-3-1-4-17(9-14)33-18-11-15(26(29)30)10-16(12-18)27(31)32/h1,3-4,7-12H,2,5-6H2,(H,25,28)/b8-7+. The zero-order chi connectivity index (χ0) is 24.2. The van der Waals surface area contributed by atoms with Gasteiger partial charge in [-0.05, 0) is 48.6 Å². The Morgan fingerprint density at radius 1 is 1.09 bits per heavy atom. The number of nitro benzene ring substituents is 2. The Morgan fingerprint density at radius 3 is 2.50 bits per heavy atom. The molecule has 0 saturated carbocycles. The van der Waals surface area contributed by atoms with Gasteiger partial charge in [-0.15, -0.1) is 11.3 Å². The van der Waals surface area contributed by atoms with Crippen LogP contribution in [0.2, 0.25) is 0 Å². The maximum atomic E-state index is 12.4. The molecule has 3 aromatic rings. The first-order valence-electron chi connectivity index (χ1n) is 10.1. The lowest BCUT2D eigenvalue weighted by Crippen LogP contribution is -2.07. The van der Waals surface area contributed by atoms with Gasteiger partial charge in [0.25, 0.3) is 11.4 Å². The first kappa shape index (κ1) is 22.6. The van der Waals surface area contributed by atoms with Crippen LogP contribution < -0.4 is 10.1 Å². The first-order valence-corrected chi connectivity index (χ1v) is 10.9. The lowest BCUT2D eigenvalue weighted by atomic mass is 10.1. The first-order chi connectivity index (χ1) is 16.3. The van der Waals surface area contributed by atoms with Crippen molar-refractivity contribution in [3.63, 3.8) is 0 Å². The van der Waals surface area contributed by atoms with Gasteiger partial charge in [0.2, 0.25) is 5.91 Å². The molecule has 11 heteroatoms. The van der Waals surface area contributed by atoms with Gasteiger partial charge >= 0.3 is 0 Å². The van der Waals surface area contributed by atoms with E-state index in [0.29, 0.717) is 16.1 Å². The molecule has 1 aliphatic carbocycles. The fourth-order valence-corrected chi connectivity index (χ4v) is 4.83. The highest BCUT2D eigenvalue weighted by atomic mass is 32.1. The summed E-state index contributed by atoms with van der Waals surface area (Å²) in [6.07, 6.45) is 5.66. The molecule has 0 bridgehead atoms. The molecule has 0 atom stereocenters. The van der Waals surface area contributed by atoms with Crippen LogP contribution in [0.5, 0.6) is 11.5 Å². The van der Waals surface area contributed by atoms with E-state index in [1.807, 2.05) is 0 Å². The highest BCUT2D eigenvalue weighted by Crippen LogP contribution is 2.38. The summed E-state index contributed by atoms with van der Waals surface area (Å²) >= 11 is 1.43. The largest absolute Gasteiger partial charge is 0.457 e. The SMILES string of the molecule is N#Cc1c(NC(=O)/C=C/c2cccc(Oc3cc([N+](=O)[O-])cc([N+](=O)[O-])c3)c2)sc2c1CCC2. The molecule has 0 aliphatic heterocycles. The van der Waals surface area contributed by atoms with Crippen LogP contribution >= 0.6 is 11.3 Å². The van der Waals surface area contributed by atoms with Crippen molar-refractivity contribution in [2.75, 3.05) is 5.32 Å². The van der Waals surface area contributed by atoms with E-state index in [0.717, 1.165) is 47.9 Å². The van der Waals surface area contributed by atoms with Gasteiger partial charge in [-0.1, -0.05) is 12.1 Å². The minimum Gasteiger partial charge on any atom is -0.457 e. The number of nitriles is 1. The molecule has 4 rings (SSSR count). The van der Waals surface area contributed by atoms with Crippen molar-refractivity contribution in [2.45, 2.75) is 19.3 Å². The lowest BCUT2D eigenvalue weighted by Gasteiger charge is -2.06. The minimum absolute atomic E-state index is 0.0606. The number of amides is 1. The van der Waals surface area contributed by atoms with Gasteiger partial charge in [0.1, 0.15) is 22.6 Å². The average Bonchev–Trinajstić information content (AvgIpc) is 3.38. The number of anilines is 1. The topological polar surface area (TPSA) is 148 Å². The van der Waals surface area contributed by atoms with Gasteiger partial charge in [-0.3, -0.25) is 25.0 Å². The third-order valence-corrected chi connectivity index (χ3v) is 6.30. The number of non-ortho nitro benzene ring substituents is 2. The van der Waals surface area contributed by atoms with E-state index in [2.05, 4.69) is 11.4 Å². The molecule has 0 spiro atoms. The van der Waals surface area contributed by atoms with Gasteiger partial charge < -0.3 is 10.1 Å². The number of rotatable bonds is 7. The third kappa shape index (κ3) is 4.92. The van der Waals surface area contributed by atoms with Crippen LogP contribution in [-0.2, 0) is 17.6 Å². The predicted octanol–water partition coefficient (Wildman–Crippen LogP) is 5.37. The van der Waals surface area contributed by atoms with Gasteiger partial charge in [0, 0.05) is 11.0 Å². The van der Waals surface area contributed by atoms with Gasteiger partial charge in [0.05, 0.1) is 33.6 Å². The molecule has 34 heavy (non-hydrogen) atoms. The molecule has 0 saturated heterocycles. The van der Waals surface area contributed by atoms with Crippen LogP contribution in [0.1, 0.15) is 28.0 Å². The number of ether oxygens (including phenoxy) is 1. The normalized spacial score (nSPS) is 12.2. The Balaban J connectivity index is 1.48. The Kier molecular flexibility index (Phi) is 6.33. The molecule has 1 amide bonds. The molecule has 1 heterocycles. The van der Waals surface area contributed by atoms with Crippen LogP contribution in [-0.4, -0.2) is 15.8 Å². The molecule has 1 N–H and O–H groups in total. The number of carbonyl (C=O) groups excluding carboxylic acids is 1. The lowest BCUT2D eigenvalue weighted by molar-refractivity contribution is -0.394. The number of carbonyl (C=O) groups is 1. The smallest absolute Gasteiger partial charge is 0.280 e. The monoisotopic (exact) mass is 476 g/mol. The highest BCUT2D eigenvalue weighted by molar-refractivity contribution is 7.16.